The number of ether oxygens (including phenoxy) is 1. The first-order valence-corrected chi connectivity index (χ1v) is 15.5. The van der Waals surface area contributed by atoms with Crippen molar-refractivity contribution in [3.05, 3.63) is 41.8 Å². The number of amides is 2. The third-order valence-corrected chi connectivity index (χ3v) is 7.36. The molecule has 1 fully saturated rings. The van der Waals surface area contributed by atoms with Crippen molar-refractivity contribution >= 4 is 62.1 Å². The van der Waals surface area contributed by atoms with Crippen LogP contribution in [0.4, 0.5) is 16.9 Å². The van der Waals surface area contributed by atoms with Crippen LogP contribution in [0.5, 0.6) is 5.75 Å². The number of carbonyl (C=O) groups is 3. The van der Waals surface area contributed by atoms with E-state index in [-0.39, 0.29) is 16.6 Å². The van der Waals surface area contributed by atoms with Gasteiger partial charge in [-0.15, -0.1) is 15.6 Å². The number of hydrogen-bond acceptors (Lipinski definition) is 16. The van der Waals surface area contributed by atoms with Crippen molar-refractivity contribution in [2.24, 2.45) is 10.9 Å². The SMILES string of the molecule is CC1(C)[C@H](NC(=O)/C(=N\OC(COc2ccc(Nc3nccn3CCCN)nc2)C(=O)O)c2csc(N)n2)C(=O)N1OS(=O)(=O)O. The quantitative estimate of drug-likeness (QED) is 0.0480. The molecule has 0 aliphatic carbocycles. The van der Waals surface area contributed by atoms with Gasteiger partial charge in [0.05, 0.1) is 11.7 Å². The Hall–Kier alpha value is -4.90. The number of nitrogens with one attached hydrogen (secondary N) is 2. The van der Waals surface area contributed by atoms with Gasteiger partial charge in [-0.3, -0.25) is 14.1 Å². The summed E-state index contributed by atoms with van der Waals surface area (Å²) in [5, 5.41) is 20.5. The summed E-state index contributed by atoms with van der Waals surface area (Å²) in [5.74, 6) is -2.32. The minimum absolute atomic E-state index is 0.0476. The number of imidazole rings is 1. The highest BCUT2D eigenvalue weighted by molar-refractivity contribution is 7.80. The van der Waals surface area contributed by atoms with E-state index in [1.54, 1.807) is 18.5 Å². The lowest BCUT2D eigenvalue weighted by atomic mass is 9.84. The number of aryl methyl sites for hydroxylation is 1. The first-order chi connectivity index (χ1) is 21.7. The fourth-order valence-electron chi connectivity index (χ4n) is 3.98. The molecule has 0 radical (unpaired) electrons. The minimum atomic E-state index is -5.02. The van der Waals surface area contributed by atoms with Crippen molar-refractivity contribution in [3.8, 4) is 5.75 Å². The van der Waals surface area contributed by atoms with Gasteiger partial charge in [-0.1, -0.05) is 5.16 Å². The van der Waals surface area contributed by atoms with Crippen molar-refractivity contribution in [3.63, 3.8) is 0 Å². The van der Waals surface area contributed by atoms with Crippen LogP contribution in [0, 0.1) is 0 Å². The minimum Gasteiger partial charge on any atom is -0.487 e. The van der Waals surface area contributed by atoms with Gasteiger partial charge in [0, 0.05) is 24.3 Å². The summed E-state index contributed by atoms with van der Waals surface area (Å²) in [4.78, 5) is 55.1. The van der Waals surface area contributed by atoms with E-state index < -0.39 is 58.2 Å². The molecule has 4 rings (SSSR count). The molecule has 0 aromatic carbocycles. The largest absolute Gasteiger partial charge is 0.487 e. The molecule has 0 bridgehead atoms. The fourth-order valence-corrected chi connectivity index (χ4v) is 4.99. The number of hydroxylamine groups is 2. The first-order valence-electron chi connectivity index (χ1n) is 13.3. The molecule has 2 amide bonds. The van der Waals surface area contributed by atoms with Crippen LogP contribution in [0.25, 0.3) is 0 Å². The normalized spacial score (nSPS) is 16.8. The Labute approximate surface area is 265 Å². The summed E-state index contributed by atoms with van der Waals surface area (Å²) < 4.78 is 42.7. The van der Waals surface area contributed by atoms with E-state index in [0.29, 0.717) is 29.9 Å². The second kappa shape index (κ2) is 14.0. The smallest absolute Gasteiger partial charge is 0.418 e. The Bertz CT molecular complexity index is 1710. The standard InChI is InChI=1S/C24H30N10O10S2/c1-24(2)18(20(36)34(24)44-46(39,40)41)31-19(35)17(14-12-45-22(26)29-14)32-43-15(21(37)38)11-42-13-4-5-16(28-10-13)30-23-27-7-9-33(23)8-3-6-25/h4-5,7,9-10,12,15,18H,3,6,8,11,25H2,1-2H3,(H2,26,29)(H,31,35)(H,37,38)(H,27,28,30)(H,39,40,41)/b32-17-/t15?,18-/m1/s1. The number of rotatable bonds is 16. The summed E-state index contributed by atoms with van der Waals surface area (Å²) in [7, 11) is -5.02. The molecule has 46 heavy (non-hydrogen) atoms. The van der Waals surface area contributed by atoms with Crippen LogP contribution in [0.2, 0.25) is 0 Å². The van der Waals surface area contributed by atoms with Gasteiger partial charge in [0.1, 0.15) is 29.9 Å². The van der Waals surface area contributed by atoms with Gasteiger partial charge >= 0.3 is 16.4 Å². The Kier molecular flexibility index (Phi) is 10.4. The third kappa shape index (κ3) is 8.22. The van der Waals surface area contributed by atoms with Gasteiger partial charge in [-0.25, -0.2) is 19.7 Å². The molecule has 1 unspecified atom stereocenters. The molecule has 1 aliphatic heterocycles. The maximum Gasteiger partial charge on any atom is 0.418 e. The van der Waals surface area contributed by atoms with Gasteiger partial charge in [0.2, 0.25) is 5.95 Å². The van der Waals surface area contributed by atoms with Crippen molar-refractivity contribution in [1.29, 1.82) is 0 Å². The van der Waals surface area contributed by atoms with E-state index in [0.717, 1.165) is 17.8 Å². The number of aromatic nitrogens is 4. The predicted molar refractivity (Wildman–Crippen MR) is 160 cm³/mol. The average molecular weight is 683 g/mol. The predicted octanol–water partition coefficient (Wildman–Crippen LogP) is -0.498. The van der Waals surface area contributed by atoms with E-state index in [1.807, 2.05) is 4.57 Å². The highest BCUT2D eigenvalue weighted by Gasteiger charge is 2.58. The Morgan fingerprint density at radius 3 is 2.63 bits per heavy atom. The summed E-state index contributed by atoms with van der Waals surface area (Å²) in [5.41, 5.74) is 9.17. The Morgan fingerprint density at radius 2 is 2.04 bits per heavy atom. The number of β-lactam (4-membered cyclic amide) rings is 1. The Balaban J connectivity index is 1.42. The molecular weight excluding hydrogens is 652 g/mol. The molecule has 8 N–H and O–H groups in total. The van der Waals surface area contributed by atoms with Crippen LogP contribution in [-0.2, 0) is 40.4 Å². The molecule has 0 spiro atoms. The number of carboxylic acid groups (broad SMARTS) is 1. The van der Waals surface area contributed by atoms with Crippen molar-refractivity contribution in [1.82, 2.24) is 29.9 Å². The number of nitrogen functional groups attached to an aromatic ring is 1. The van der Waals surface area contributed by atoms with Gasteiger partial charge in [0.15, 0.2) is 10.8 Å². The van der Waals surface area contributed by atoms with E-state index in [2.05, 4.69) is 35.0 Å². The van der Waals surface area contributed by atoms with Crippen molar-refractivity contribution < 1.29 is 46.3 Å². The van der Waals surface area contributed by atoms with Crippen LogP contribution in [0.15, 0.2) is 41.3 Å². The van der Waals surface area contributed by atoms with Crippen LogP contribution < -0.4 is 26.8 Å². The molecule has 3 aromatic heterocycles. The van der Waals surface area contributed by atoms with Gasteiger partial charge in [-0.2, -0.15) is 13.5 Å². The number of nitrogens with zero attached hydrogens (tertiary/aromatic N) is 6. The highest BCUT2D eigenvalue weighted by atomic mass is 32.3. The number of pyridine rings is 1. The number of thiazole rings is 1. The Morgan fingerprint density at radius 1 is 1.28 bits per heavy atom. The van der Waals surface area contributed by atoms with E-state index in [9.17, 15) is 27.9 Å². The monoisotopic (exact) mass is 682 g/mol. The van der Waals surface area contributed by atoms with Crippen LogP contribution in [0.3, 0.4) is 0 Å². The van der Waals surface area contributed by atoms with Gasteiger partial charge in [-0.05, 0) is 38.9 Å². The number of hydrogen-bond donors (Lipinski definition) is 6. The molecule has 1 saturated heterocycles. The molecule has 20 nitrogen and oxygen atoms in total. The lowest BCUT2D eigenvalue weighted by molar-refractivity contribution is -0.218. The summed E-state index contributed by atoms with van der Waals surface area (Å²) in [6.45, 7) is 3.34. The zero-order chi connectivity index (χ0) is 33.6. The average Bonchev–Trinajstić information content (AvgIpc) is 3.63. The molecule has 1 aliphatic rings. The van der Waals surface area contributed by atoms with E-state index in [1.165, 1.54) is 31.5 Å². The number of anilines is 3. The molecule has 22 heteroatoms. The topological polar surface area (TPSA) is 289 Å². The highest BCUT2D eigenvalue weighted by Crippen LogP contribution is 2.33. The number of aliphatic carboxylic acids is 1. The second-order valence-electron chi connectivity index (χ2n) is 10.0. The zero-order valence-electron chi connectivity index (χ0n) is 24.3. The lowest BCUT2D eigenvalue weighted by Crippen LogP contribution is -2.76. The first kappa shape index (κ1) is 34.0. The zero-order valence-corrected chi connectivity index (χ0v) is 25.9. The lowest BCUT2D eigenvalue weighted by Gasteiger charge is -2.50. The molecule has 2 atom stereocenters. The second-order valence-corrected chi connectivity index (χ2v) is 11.9. The molecule has 0 saturated carbocycles. The fraction of sp³-hybridized carbons (Fsp3) is 0.375. The van der Waals surface area contributed by atoms with Crippen LogP contribution in [0.1, 0.15) is 26.0 Å². The maximum atomic E-state index is 13.2. The number of oxime groups is 1. The van der Waals surface area contributed by atoms with E-state index in [4.69, 9.17) is 25.6 Å². The van der Waals surface area contributed by atoms with Gasteiger partial charge in [0.25, 0.3) is 17.9 Å². The maximum absolute atomic E-state index is 13.2. The molecule has 3 aromatic rings. The molecule has 248 valence electrons. The summed E-state index contributed by atoms with van der Waals surface area (Å²) in [6, 6.07) is 1.79. The van der Waals surface area contributed by atoms with Crippen molar-refractivity contribution in [2.45, 2.75) is 44.5 Å². The molecule has 4 heterocycles. The third-order valence-electron chi connectivity index (χ3n) is 6.34. The summed E-state index contributed by atoms with van der Waals surface area (Å²) >= 11 is 0.947. The molecular formula is C24H30N10O10S2. The van der Waals surface area contributed by atoms with Crippen molar-refractivity contribution in [2.75, 3.05) is 24.2 Å². The van der Waals surface area contributed by atoms with Crippen LogP contribution in [-0.4, -0.2) is 97.0 Å². The van der Waals surface area contributed by atoms with Gasteiger partial charge < -0.3 is 41.3 Å². The summed E-state index contributed by atoms with van der Waals surface area (Å²) in [6.07, 6.45) is 3.82. The van der Waals surface area contributed by atoms with Crippen LogP contribution >= 0.6 is 11.3 Å². The number of carbonyl (C=O) groups excluding carboxylic acids is 2. The van der Waals surface area contributed by atoms with E-state index >= 15 is 0 Å². The number of carboxylic acids is 1. The number of nitrogens with two attached hydrogens (primary N) is 2.